The van der Waals surface area contributed by atoms with Crippen molar-refractivity contribution in [3.63, 3.8) is 0 Å². The Kier molecular flexibility index (Phi) is 2.21. The second-order valence-electron chi connectivity index (χ2n) is 6.24. The third-order valence-electron chi connectivity index (χ3n) is 5.08. The van der Waals surface area contributed by atoms with Crippen molar-refractivity contribution in [3.8, 4) is 5.75 Å². The van der Waals surface area contributed by atoms with E-state index in [1.54, 1.807) is 0 Å². The van der Waals surface area contributed by atoms with Gasteiger partial charge >= 0.3 is 0 Å². The first-order valence-corrected chi connectivity index (χ1v) is 7.02. The summed E-state index contributed by atoms with van der Waals surface area (Å²) in [6.45, 7) is 0. The Bertz CT molecular complexity index is 369. The lowest BCUT2D eigenvalue weighted by atomic mass is 9.55. The highest BCUT2D eigenvalue weighted by molar-refractivity contribution is 5.20. The van der Waals surface area contributed by atoms with Crippen molar-refractivity contribution >= 4 is 0 Å². The maximum atomic E-state index is 6.24. The van der Waals surface area contributed by atoms with Crippen LogP contribution in [0.3, 0.4) is 0 Å². The van der Waals surface area contributed by atoms with E-state index in [0.717, 1.165) is 29.4 Å². The van der Waals surface area contributed by atoms with Crippen molar-refractivity contribution in [1.29, 1.82) is 0 Å². The van der Waals surface area contributed by atoms with Crippen LogP contribution in [0.1, 0.15) is 32.1 Å². The van der Waals surface area contributed by atoms with Crippen LogP contribution in [0.4, 0.5) is 0 Å². The number of rotatable bonds is 2. The number of ether oxygens (including phenoxy) is 1. The molecule has 1 heteroatoms. The molecule has 0 atom stereocenters. The van der Waals surface area contributed by atoms with Crippen molar-refractivity contribution < 1.29 is 4.74 Å². The summed E-state index contributed by atoms with van der Waals surface area (Å²) >= 11 is 0. The predicted molar refractivity (Wildman–Crippen MR) is 66.7 cm³/mol. The van der Waals surface area contributed by atoms with Gasteiger partial charge in [0.25, 0.3) is 0 Å². The van der Waals surface area contributed by atoms with Gasteiger partial charge in [-0.25, -0.2) is 0 Å². The third kappa shape index (κ3) is 1.67. The maximum absolute atomic E-state index is 6.24. The second kappa shape index (κ2) is 3.76. The quantitative estimate of drug-likeness (QED) is 0.748. The van der Waals surface area contributed by atoms with Gasteiger partial charge in [0.05, 0.1) is 0 Å². The minimum absolute atomic E-state index is 0.487. The van der Waals surface area contributed by atoms with Gasteiger partial charge in [-0.2, -0.15) is 0 Å². The molecule has 0 saturated heterocycles. The van der Waals surface area contributed by atoms with Gasteiger partial charge in [-0.3, -0.25) is 0 Å². The Morgan fingerprint density at radius 3 is 2.24 bits per heavy atom. The monoisotopic (exact) mass is 227 g/mol. The molecule has 4 bridgehead atoms. The Morgan fingerprint density at radius 1 is 0.941 bits per heavy atom. The van der Waals surface area contributed by atoms with Crippen LogP contribution in [0.25, 0.3) is 0 Å². The Hall–Kier alpha value is -0.980. The van der Waals surface area contributed by atoms with E-state index in [-0.39, 0.29) is 0 Å². The summed E-state index contributed by atoms with van der Waals surface area (Å²) in [6, 6.07) is 11.2. The minimum Gasteiger partial charge on any atom is -0.489 e. The summed E-state index contributed by atoms with van der Waals surface area (Å²) < 4.78 is 6.24. The number of hydrogen-bond acceptors (Lipinski definition) is 1. The molecule has 4 fully saturated rings. The zero-order valence-electron chi connectivity index (χ0n) is 10.1. The minimum atomic E-state index is 0.487. The summed E-state index contributed by atoms with van der Waals surface area (Å²) in [5.74, 6) is 4.67. The van der Waals surface area contributed by atoms with E-state index >= 15 is 0 Å². The lowest BCUT2D eigenvalue weighted by molar-refractivity contribution is -0.0790. The van der Waals surface area contributed by atoms with Crippen LogP contribution in [0.5, 0.6) is 5.75 Å². The number of benzene rings is 1. The molecular weight excluding hydrogens is 208 g/mol. The Labute approximate surface area is 103 Å². The van der Waals surface area contributed by atoms with Gasteiger partial charge in [0.1, 0.15) is 11.9 Å². The number of para-hydroxylation sites is 1. The van der Waals surface area contributed by atoms with Crippen LogP contribution in [-0.4, -0.2) is 6.10 Å². The molecule has 5 rings (SSSR count). The summed E-state index contributed by atoms with van der Waals surface area (Å²) in [5.41, 5.74) is 0. The van der Waals surface area contributed by atoms with Crippen LogP contribution < -0.4 is 4.74 Å². The van der Waals surface area contributed by atoms with Gasteiger partial charge in [0.2, 0.25) is 0 Å². The van der Waals surface area contributed by atoms with E-state index in [4.69, 9.17) is 4.74 Å². The van der Waals surface area contributed by atoms with Gasteiger partial charge < -0.3 is 4.74 Å². The zero-order chi connectivity index (χ0) is 11.2. The van der Waals surface area contributed by atoms with Gasteiger partial charge in [-0.15, -0.1) is 0 Å². The highest BCUT2D eigenvalue weighted by Gasteiger charge is 2.49. The summed E-state index contributed by atoms with van der Waals surface area (Å²) in [7, 11) is 0. The molecule has 1 nitrogen and oxygen atoms in total. The van der Waals surface area contributed by atoms with E-state index in [2.05, 4.69) is 6.07 Å². The molecule has 1 aromatic carbocycles. The average Bonchev–Trinajstić information content (AvgIpc) is 2.34. The van der Waals surface area contributed by atoms with Crippen molar-refractivity contribution in [2.45, 2.75) is 38.2 Å². The van der Waals surface area contributed by atoms with E-state index < -0.39 is 0 Å². The molecule has 0 amide bonds. The second-order valence-corrected chi connectivity index (χ2v) is 6.24. The van der Waals surface area contributed by atoms with Crippen LogP contribution in [0.2, 0.25) is 0 Å². The van der Waals surface area contributed by atoms with Crippen molar-refractivity contribution in [1.82, 2.24) is 0 Å². The summed E-state index contributed by atoms with van der Waals surface area (Å²) in [5, 5.41) is 0. The van der Waals surface area contributed by atoms with Crippen LogP contribution >= 0.6 is 0 Å². The fourth-order valence-corrected chi connectivity index (χ4v) is 4.66. The molecule has 17 heavy (non-hydrogen) atoms. The lowest BCUT2D eigenvalue weighted by Crippen LogP contribution is -2.50. The molecule has 1 aromatic rings. The topological polar surface area (TPSA) is 9.23 Å². The van der Waals surface area contributed by atoms with E-state index in [1.807, 2.05) is 24.3 Å². The van der Waals surface area contributed by atoms with Crippen LogP contribution in [0.15, 0.2) is 24.3 Å². The fraction of sp³-hybridized carbons (Fsp3) is 0.625. The largest absolute Gasteiger partial charge is 0.489 e. The van der Waals surface area contributed by atoms with Crippen molar-refractivity contribution in [2.75, 3.05) is 0 Å². The predicted octanol–water partition coefficient (Wildman–Crippen LogP) is 3.69. The first kappa shape index (κ1) is 9.99. The molecule has 4 aliphatic rings. The number of hydrogen-bond donors (Lipinski definition) is 0. The molecule has 0 heterocycles. The molecule has 4 aliphatic carbocycles. The lowest BCUT2D eigenvalue weighted by Gasteiger charge is -2.53. The third-order valence-corrected chi connectivity index (χ3v) is 5.08. The van der Waals surface area contributed by atoms with Gasteiger partial charge in [0.15, 0.2) is 0 Å². The van der Waals surface area contributed by atoms with Gasteiger partial charge in [-0.1, -0.05) is 18.2 Å². The summed E-state index contributed by atoms with van der Waals surface area (Å²) in [6.07, 6.45) is 7.68. The highest BCUT2D eigenvalue weighted by atomic mass is 16.5. The van der Waals surface area contributed by atoms with E-state index in [0.29, 0.717) is 6.10 Å². The molecule has 89 valence electrons. The summed E-state index contributed by atoms with van der Waals surface area (Å²) in [4.78, 5) is 0. The fourth-order valence-electron chi connectivity index (χ4n) is 4.66. The normalized spacial score (nSPS) is 42.7. The molecular formula is C16H19O. The molecule has 0 spiro atoms. The molecule has 1 radical (unpaired) electrons. The molecule has 4 saturated carbocycles. The first-order chi connectivity index (χ1) is 8.38. The molecule has 0 N–H and O–H groups in total. The standard InChI is InChI=1S/C16H19O/c1-2-4-15(5-3-1)17-16-13-7-11-6-12(9-13)10-14(16)8-11/h1-4,11-14,16H,6-10H2. The van der Waals surface area contributed by atoms with Crippen molar-refractivity contribution in [3.05, 3.63) is 30.3 Å². The van der Waals surface area contributed by atoms with Crippen LogP contribution in [0, 0.1) is 29.7 Å². The van der Waals surface area contributed by atoms with E-state index in [9.17, 15) is 0 Å². The molecule has 0 aromatic heterocycles. The first-order valence-electron chi connectivity index (χ1n) is 7.02. The molecule has 0 unspecified atom stereocenters. The Morgan fingerprint density at radius 2 is 1.65 bits per heavy atom. The smallest absolute Gasteiger partial charge is 0.127 e. The van der Waals surface area contributed by atoms with E-state index in [1.165, 1.54) is 32.1 Å². The maximum Gasteiger partial charge on any atom is 0.127 e. The average molecular weight is 227 g/mol. The van der Waals surface area contributed by atoms with Crippen molar-refractivity contribution in [2.24, 2.45) is 23.7 Å². The molecule has 0 aliphatic heterocycles. The zero-order valence-corrected chi connectivity index (χ0v) is 10.1. The van der Waals surface area contributed by atoms with Gasteiger partial charge in [-0.05, 0) is 61.8 Å². The highest BCUT2D eigenvalue weighted by Crippen LogP contribution is 2.54. The Balaban J connectivity index is 1.55. The SMILES string of the molecule is [c]1ccccc1OC1C2CC3CC(C2)CC1C3. The van der Waals surface area contributed by atoms with Gasteiger partial charge in [0, 0.05) is 6.07 Å². The van der Waals surface area contributed by atoms with Crippen LogP contribution in [-0.2, 0) is 0 Å².